The molecule has 0 atom stereocenters. The molecule has 26 heavy (non-hydrogen) atoms. The zero-order chi connectivity index (χ0) is 20.2. The van der Waals surface area contributed by atoms with E-state index in [0.29, 0.717) is 17.5 Å². The molecule has 0 saturated carbocycles. The summed E-state index contributed by atoms with van der Waals surface area (Å²) in [4.78, 5) is 23.0. The summed E-state index contributed by atoms with van der Waals surface area (Å²) in [5.41, 5.74) is 0.323. The van der Waals surface area contributed by atoms with E-state index in [4.69, 9.17) is 9.29 Å². The number of ether oxygens (including phenoxy) is 2. The molecule has 0 aliphatic heterocycles. The van der Waals surface area contributed by atoms with Crippen LogP contribution in [0.2, 0.25) is 0 Å². The van der Waals surface area contributed by atoms with Crippen LogP contribution >= 0.6 is 0 Å². The highest BCUT2D eigenvalue weighted by Gasteiger charge is 2.54. The van der Waals surface area contributed by atoms with E-state index in [1.165, 1.54) is 24.3 Å². The molecule has 0 aliphatic rings. The molecule has 7 nitrogen and oxygen atoms in total. The third-order valence-electron chi connectivity index (χ3n) is 3.76. The molecule has 0 saturated heterocycles. The van der Waals surface area contributed by atoms with E-state index in [-0.39, 0.29) is 12.6 Å². The molecule has 0 unspecified atom stereocenters. The van der Waals surface area contributed by atoms with Crippen LogP contribution in [0.1, 0.15) is 38.3 Å². The van der Waals surface area contributed by atoms with Crippen molar-refractivity contribution in [1.29, 1.82) is 0 Å². The first-order valence-electron chi connectivity index (χ1n) is 7.58. The van der Waals surface area contributed by atoms with Crippen molar-refractivity contribution < 1.29 is 40.8 Å². The third kappa shape index (κ3) is 5.46. The monoisotopic (exact) mass is 394 g/mol. The van der Waals surface area contributed by atoms with Crippen molar-refractivity contribution in [2.24, 2.45) is 5.41 Å². The summed E-state index contributed by atoms with van der Waals surface area (Å²) in [6.07, 6.45) is 0.615. The van der Waals surface area contributed by atoms with Crippen LogP contribution in [0.25, 0.3) is 0 Å². The molecule has 1 N–H and O–H groups in total. The summed E-state index contributed by atoms with van der Waals surface area (Å²) in [5, 5.41) is -5.03. The first-order chi connectivity index (χ1) is 11.8. The van der Waals surface area contributed by atoms with Gasteiger partial charge in [-0.3, -0.25) is 9.35 Å². The Labute approximate surface area is 150 Å². The predicted molar refractivity (Wildman–Crippen MR) is 86.6 cm³/mol. The fourth-order valence-corrected chi connectivity index (χ4v) is 1.83. The van der Waals surface area contributed by atoms with E-state index in [0.717, 1.165) is 0 Å². The lowest BCUT2D eigenvalue weighted by atomic mass is 9.91. The molecule has 0 aliphatic carbocycles. The Hall–Kier alpha value is -2.07. The maximum absolute atomic E-state index is 13.0. The zero-order valence-electron chi connectivity index (χ0n) is 14.5. The highest BCUT2D eigenvalue weighted by Crippen LogP contribution is 2.23. The van der Waals surface area contributed by atoms with Crippen molar-refractivity contribution in [1.82, 2.24) is 0 Å². The van der Waals surface area contributed by atoms with E-state index >= 15 is 0 Å². The van der Waals surface area contributed by atoms with Gasteiger partial charge in [0.15, 0.2) is 0 Å². The van der Waals surface area contributed by atoms with Gasteiger partial charge < -0.3 is 9.47 Å². The fourth-order valence-electron chi connectivity index (χ4n) is 1.56. The SMILES string of the molecule is CCC(C)(C)C(=O)OCc1ccc(COC(=O)C(F)(F)S(=O)(=O)O)cc1. The number of halogens is 2. The van der Waals surface area contributed by atoms with Crippen molar-refractivity contribution in [3.8, 4) is 0 Å². The number of alkyl halides is 2. The van der Waals surface area contributed by atoms with Crippen LogP contribution in [-0.4, -0.2) is 30.2 Å². The number of rotatable bonds is 8. The Morgan fingerprint density at radius 1 is 1.00 bits per heavy atom. The minimum Gasteiger partial charge on any atom is -0.460 e. The Bertz CT molecular complexity index is 755. The van der Waals surface area contributed by atoms with Gasteiger partial charge in [-0.15, -0.1) is 0 Å². The number of hydrogen-bond donors (Lipinski definition) is 1. The summed E-state index contributed by atoms with van der Waals surface area (Å²) in [7, 11) is -5.90. The molecule has 0 bridgehead atoms. The number of esters is 2. The third-order valence-corrected chi connectivity index (χ3v) is 4.58. The van der Waals surface area contributed by atoms with Crippen LogP contribution in [0.15, 0.2) is 24.3 Å². The summed E-state index contributed by atoms with van der Waals surface area (Å²) in [6.45, 7) is 4.78. The lowest BCUT2D eigenvalue weighted by Gasteiger charge is -2.20. The lowest BCUT2D eigenvalue weighted by Crippen LogP contribution is -2.38. The van der Waals surface area contributed by atoms with E-state index in [1.54, 1.807) is 13.8 Å². The van der Waals surface area contributed by atoms with Gasteiger partial charge in [-0.05, 0) is 31.4 Å². The first kappa shape index (κ1) is 22.0. The van der Waals surface area contributed by atoms with Gasteiger partial charge in [-0.2, -0.15) is 17.2 Å². The van der Waals surface area contributed by atoms with Gasteiger partial charge in [-0.25, -0.2) is 4.79 Å². The van der Waals surface area contributed by atoms with Gasteiger partial charge >= 0.3 is 27.3 Å². The zero-order valence-corrected chi connectivity index (χ0v) is 15.3. The Morgan fingerprint density at radius 2 is 1.38 bits per heavy atom. The van der Waals surface area contributed by atoms with Gasteiger partial charge in [-0.1, -0.05) is 31.2 Å². The summed E-state index contributed by atoms with van der Waals surface area (Å²) >= 11 is 0. The molecule has 10 heteroatoms. The van der Waals surface area contributed by atoms with E-state index in [1.807, 2.05) is 6.92 Å². The molecule has 0 fully saturated rings. The Balaban J connectivity index is 2.61. The second kappa shape index (κ2) is 8.09. The maximum atomic E-state index is 13.0. The molecule has 0 aromatic heterocycles. The van der Waals surface area contributed by atoms with Crippen molar-refractivity contribution in [3.63, 3.8) is 0 Å². The normalized spacial score (nSPS) is 12.5. The number of benzene rings is 1. The van der Waals surface area contributed by atoms with E-state index in [9.17, 15) is 26.8 Å². The minimum atomic E-state index is -5.90. The number of hydrogen-bond acceptors (Lipinski definition) is 6. The highest BCUT2D eigenvalue weighted by molar-refractivity contribution is 7.87. The Morgan fingerprint density at radius 3 is 1.73 bits per heavy atom. The quantitative estimate of drug-likeness (QED) is 0.533. The molecular weight excluding hydrogens is 374 g/mol. The predicted octanol–water partition coefficient (Wildman–Crippen LogP) is 2.69. The second-order valence-electron chi connectivity index (χ2n) is 6.20. The highest BCUT2D eigenvalue weighted by atomic mass is 32.2. The van der Waals surface area contributed by atoms with Crippen molar-refractivity contribution in [2.45, 2.75) is 45.7 Å². The summed E-state index contributed by atoms with van der Waals surface area (Å²) in [6, 6.07) is 5.95. The van der Waals surface area contributed by atoms with Crippen LogP contribution in [0.3, 0.4) is 0 Å². The second-order valence-corrected chi connectivity index (χ2v) is 7.66. The number of carbonyl (C=O) groups excluding carboxylic acids is 2. The van der Waals surface area contributed by atoms with Gasteiger partial charge in [0.1, 0.15) is 13.2 Å². The largest absolute Gasteiger partial charge is 0.465 e. The fraction of sp³-hybridized carbons (Fsp3) is 0.500. The molecule has 1 aromatic rings. The van der Waals surface area contributed by atoms with Crippen molar-refractivity contribution >= 4 is 22.1 Å². The molecule has 0 heterocycles. The van der Waals surface area contributed by atoms with Crippen LogP contribution in [0.5, 0.6) is 0 Å². The van der Waals surface area contributed by atoms with Gasteiger partial charge in [0.2, 0.25) is 0 Å². The van der Waals surface area contributed by atoms with Gasteiger partial charge in [0.05, 0.1) is 5.41 Å². The molecule has 0 amide bonds. The Kier molecular flexibility index (Phi) is 6.83. The molecular formula is C16H20F2O7S. The van der Waals surface area contributed by atoms with Crippen LogP contribution in [-0.2, 0) is 42.4 Å². The smallest absolute Gasteiger partial charge is 0.460 e. The standard InChI is InChI=1S/C16H20F2O7S/c1-4-15(2,3)13(19)24-9-11-5-7-12(8-6-11)10-25-14(20)16(17,18)26(21,22)23/h5-8H,4,9-10H2,1-3H3,(H,21,22,23). The van der Waals surface area contributed by atoms with Crippen LogP contribution < -0.4 is 0 Å². The molecule has 0 spiro atoms. The van der Waals surface area contributed by atoms with E-state index < -0.39 is 33.4 Å². The molecule has 0 radical (unpaired) electrons. The van der Waals surface area contributed by atoms with Crippen molar-refractivity contribution in [2.75, 3.05) is 0 Å². The molecule has 1 rings (SSSR count). The van der Waals surface area contributed by atoms with Crippen LogP contribution in [0.4, 0.5) is 8.78 Å². The van der Waals surface area contributed by atoms with Crippen LogP contribution in [0, 0.1) is 5.41 Å². The summed E-state index contributed by atoms with van der Waals surface area (Å²) in [5.74, 6) is -2.73. The lowest BCUT2D eigenvalue weighted by molar-refractivity contribution is -0.162. The first-order valence-corrected chi connectivity index (χ1v) is 9.02. The minimum absolute atomic E-state index is 0.0170. The van der Waals surface area contributed by atoms with Crippen molar-refractivity contribution in [3.05, 3.63) is 35.4 Å². The molecule has 146 valence electrons. The van der Waals surface area contributed by atoms with Gasteiger partial charge in [0.25, 0.3) is 0 Å². The average Bonchev–Trinajstić information content (AvgIpc) is 2.57. The summed E-state index contributed by atoms with van der Waals surface area (Å²) < 4.78 is 64.6. The van der Waals surface area contributed by atoms with E-state index in [2.05, 4.69) is 4.74 Å². The average molecular weight is 394 g/mol. The van der Waals surface area contributed by atoms with Gasteiger partial charge in [0, 0.05) is 0 Å². The topological polar surface area (TPSA) is 107 Å². The number of carbonyl (C=O) groups is 2. The molecule has 1 aromatic carbocycles. The maximum Gasteiger partial charge on any atom is 0.465 e.